The Bertz CT molecular complexity index is 674. The average Bonchev–Trinajstić information content (AvgIpc) is 2.67. The molecule has 1 fully saturated rings. The molecule has 3 rings (SSSR count). The van der Waals surface area contributed by atoms with Gasteiger partial charge >= 0.3 is 0 Å². The van der Waals surface area contributed by atoms with Crippen molar-refractivity contribution in [1.82, 2.24) is 15.2 Å². The summed E-state index contributed by atoms with van der Waals surface area (Å²) < 4.78 is 5.46. The van der Waals surface area contributed by atoms with Gasteiger partial charge in [0.05, 0.1) is 30.8 Å². The number of para-hydroxylation sites is 2. The van der Waals surface area contributed by atoms with Crippen molar-refractivity contribution in [2.24, 2.45) is 0 Å². The number of nitrogens with one attached hydrogen (secondary N) is 1. The Hall–Kier alpha value is -2.41. The molecule has 0 amide bonds. The third-order valence-corrected chi connectivity index (χ3v) is 4.25. The zero-order valence-electron chi connectivity index (χ0n) is 15.0. The molecule has 0 spiro atoms. The van der Waals surface area contributed by atoms with E-state index in [9.17, 15) is 0 Å². The van der Waals surface area contributed by atoms with E-state index in [1.807, 2.05) is 18.0 Å². The Morgan fingerprint density at radius 2 is 2.04 bits per heavy atom. The number of nitrogens with zero attached hydrogens (tertiary/aromatic N) is 5. The molecule has 2 aromatic rings. The van der Waals surface area contributed by atoms with Gasteiger partial charge in [-0.2, -0.15) is 10.1 Å². The minimum Gasteiger partial charge on any atom is -0.378 e. The SMILES string of the molecule is CCCCN(C)c1nncc(Nc2ccccc2N2CCOCC2)n1. The van der Waals surface area contributed by atoms with Crippen LogP contribution in [0, 0.1) is 0 Å². The molecule has 1 aliphatic rings. The number of ether oxygens (including phenoxy) is 1. The van der Waals surface area contributed by atoms with E-state index in [0.717, 1.165) is 57.1 Å². The molecule has 1 N–H and O–H groups in total. The fourth-order valence-corrected chi connectivity index (χ4v) is 2.81. The number of hydrogen-bond donors (Lipinski definition) is 1. The highest BCUT2D eigenvalue weighted by Gasteiger charge is 2.15. The molecule has 1 saturated heterocycles. The van der Waals surface area contributed by atoms with Crippen molar-refractivity contribution in [2.45, 2.75) is 19.8 Å². The Labute approximate surface area is 149 Å². The van der Waals surface area contributed by atoms with Gasteiger partial charge in [-0.15, -0.1) is 5.10 Å². The lowest BCUT2D eigenvalue weighted by atomic mass is 10.2. The molecule has 7 heteroatoms. The number of morpholine rings is 1. The number of unbranched alkanes of at least 4 members (excludes halogenated alkanes) is 1. The molecule has 25 heavy (non-hydrogen) atoms. The molecule has 0 atom stereocenters. The van der Waals surface area contributed by atoms with Gasteiger partial charge in [0.25, 0.3) is 0 Å². The van der Waals surface area contributed by atoms with Gasteiger partial charge in [-0.05, 0) is 18.6 Å². The Morgan fingerprint density at radius 1 is 1.24 bits per heavy atom. The predicted molar refractivity (Wildman–Crippen MR) is 101 cm³/mol. The zero-order chi connectivity index (χ0) is 17.5. The minimum atomic E-state index is 0.641. The van der Waals surface area contributed by atoms with Gasteiger partial charge in [-0.3, -0.25) is 0 Å². The second kappa shape index (κ2) is 8.62. The van der Waals surface area contributed by atoms with Gasteiger partial charge < -0.3 is 19.9 Å². The highest BCUT2D eigenvalue weighted by Crippen LogP contribution is 2.28. The van der Waals surface area contributed by atoms with Crippen LogP contribution in [0.4, 0.5) is 23.1 Å². The first-order valence-corrected chi connectivity index (χ1v) is 8.87. The summed E-state index contributed by atoms with van der Waals surface area (Å²) in [5, 5.41) is 11.6. The summed E-state index contributed by atoms with van der Waals surface area (Å²) in [6.07, 6.45) is 3.91. The lowest BCUT2D eigenvalue weighted by Gasteiger charge is -2.30. The first kappa shape index (κ1) is 17.4. The van der Waals surface area contributed by atoms with E-state index in [2.05, 4.69) is 50.5 Å². The minimum absolute atomic E-state index is 0.641. The van der Waals surface area contributed by atoms with Gasteiger partial charge in [0, 0.05) is 26.7 Å². The second-order valence-corrected chi connectivity index (χ2v) is 6.16. The standard InChI is InChI=1S/C18H26N6O/c1-3-4-9-23(2)18-21-17(14-19-22-18)20-15-7-5-6-8-16(15)24-10-12-25-13-11-24/h5-8,14H,3-4,9-13H2,1-2H3,(H,20,21,22). The molecular formula is C18H26N6O. The predicted octanol–water partition coefficient (Wildman–Crippen LogP) is 2.69. The Balaban J connectivity index is 1.76. The maximum atomic E-state index is 5.46. The van der Waals surface area contributed by atoms with Crippen molar-refractivity contribution in [3.05, 3.63) is 30.5 Å². The van der Waals surface area contributed by atoms with E-state index in [1.165, 1.54) is 0 Å². The molecule has 0 saturated carbocycles. The molecule has 1 aromatic heterocycles. The topological polar surface area (TPSA) is 66.4 Å². The van der Waals surface area contributed by atoms with E-state index < -0.39 is 0 Å². The lowest BCUT2D eigenvalue weighted by molar-refractivity contribution is 0.123. The smallest absolute Gasteiger partial charge is 0.247 e. The molecule has 2 heterocycles. The van der Waals surface area contributed by atoms with E-state index in [-0.39, 0.29) is 0 Å². The van der Waals surface area contributed by atoms with Gasteiger partial charge in [-0.1, -0.05) is 25.5 Å². The number of hydrogen-bond acceptors (Lipinski definition) is 7. The lowest BCUT2D eigenvalue weighted by Crippen LogP contribution is -2.36. The zero-order valence-corrected chi connectivity index (χ0v) is 15.0. The first-order valence-electron chi connectivity index (χ1n) is 8.87. The van der Waals surface area contributed by atoms with Gasteiger partial charge in [0.1, 0.15) is 0 Å². The van der Waals surface area contributed by atoms with Crippen LogP contribution in [0.3, 0.4) is 0 Å². The largest absolute Gasteiger partial charge is 0.378 e. The highest BCUT2D eigenvalue weighted by atomic mass is 16.5. The number of anilines is 4. The van der Waals surface area contributed by atoms with Crippen LogP contribution in [0.15, 0.2) is 30.5 Å². The van der Waals surface area contributed by atoms with E-state index in [1.54, 1.807) is 6.20 Å². The highest BCUT2D eigenvalue weighted by molar-refractivity contribution is 5.74. The van der Waals surface area contributed by atoms with E-state index in [0.29, 0.717) is 11.8 Å². The van der Waals surface area contributed by atoms with Crippen LogP contribution in [-0.4, -0.2) is 55.1 Å². The van der Waals surface area contributed by atoms with Crippen LogP contribution in [0.2, 0.25) is 0 Å². The van der Waals surface area contributed by atoms with Crippen molar-refractivity contribution in [1.29, 1.82) is 0 Å². The summed E-state index contributed by atoms with van der Waals surface area (Å²) in [6.45, 7) is 6.41. The van der Waals surface area contributed by atoms with Crippen LogP contribution in [0.1, 0.15) is 19.8 Å². The third-order valence-electron chi connectivity index (χ3n) is 4.25. The van der Waals surface area contributed by atoms with Crippen LogP contribution >= 0.6 is 0 Å². The monoisotopic (exact) mass is 342 g/mol. The van der Waals surface area contributed by atoms with Crippen LogP contribution in [0.25, 0.3) is 0 Å². The van der Waals surface area contributed by atoms with Crippen LogP contribution < -0.4 is 15.1 Å². The summed E-state index contributed by atoms with van der Waals surface area (Å²) in [4.78, 5) is 8.97. The molecule has 1 aromatic carbocycles. The number of benzene rings is 1. The van der Waals surface area contributed by atoms with Crippen molar-refractivity contribution in [3.8, 4) is 0 Å². The van der Waals surface area contributed by atoms with Crippen molar-refractivity contribution >= 4 is 23.1 Å². The quantitative estimate of drug-likeness (QED) is 0.830. The summed E-state index contributed by atoms with van der Waals surface area (Å²) in [6, 6.07) is 8.26. The number of rotatable bonds is 7. The first-order chi connectivity index (χ1) is 12.3. The van der Waals surface area contributed by atoms with Crippen molar-refractivity contribution in [2.75, 3.05) is 55.0 Å². The maximum absolute atomic E-state index is 5.46. The summed E-state index contributed by atoms with van der Waals surface area (Å²) in [5.41, 5.74) is 2.18. The van der Waals surface area contributed by atoms with Gasteiger partial charge in [0.15, 0.2) is 5.82 Å². The van der Waals surface area contributed by atoms with Gasteiger partial charge in [0.2, 0.25) is 5.95 Å². The summed E-state index contributed by atoms with van der Waals surface area (Å²) in [5.74, 6) is 1.34. The fraction of sp³-hybridized carbons (Fsp3) is 0.500. The summed E-state index contributed by atoms with van der Waals surface area (Å²) >= 11 is 0. The fourth-order valence-electron chi connectivity index (χ4n) is 2.81. The normalized spacial score (nSPS) is 14.4. The second-order valence-electron chi connectivity index (χ2n) is 6.16. The van der Waals surface area contributed by atoms with E-state index in [4.69, 9.17) is 4.74 Å². The van der Waals surface area contributed by atoms with Crippen molar-refractivity contribution in [3.63, 3.8) is 0 Å². The molecule has 0 bridgehead atoms. The molecular weight excluding hydrogens is 316 g/mol. The number of aromatic nitrogens is 3. The molecule has 134 valence electrons. The molecule has 1 aliphatic heterocycles. The summed E-state index contributed by atoms with van der Waals surface area (Å²) in [7, 11) is 2.00. The third kappa shape index (κ3) is 4.57. The van der Waals surface area contributed by atoms with E-state index >= 15 is 0 Å². The average molecular weight is 342 g/mol. The van der Waals surface area contributed by atoms with Crippen LogP contribution in [0.5, 0.6) is 0 Å². The molecule has 0 aliphatic carbocycles. The molecule has 0 radical (unpaired) electrons. The Morgan fingerprint density at radius 3 is 2.84 bits per heavy atom. The van der Waals surface area contributed by atoms with Crippen molar-refractivity contribution < 1.29 is 4.74 Å². The van der Waals surface area contributed by atoms with Crippen LogP contribution in [-0.2, 0) is 4.74 Å². The Kier molecular flexibility index (Phi) is 6.00. The van der Waals surface area contributed by atoms with Gasteiger partial charge in [-0.25, -0.2) is 0 Å². The molecule has 0 unspecified atom stereocenters. The molecule has 7 nitrogen and oxygen atoms in total. The maximum Gasteiger partial charge on any atom is 0.247 e.